The van der Waals surface area contributed by atoms with E-state index in [9.17, 15) is 13.2 Å². The van der Waals surface area contributed by atoms with E-state index in [1.54, 1.807) is 12.3 Å². The van der Waals surface area contributed by atoms with Gasteiger partial charge in [-0.05, 0) is 31.0 Å². The monoisotopic (exact) mass is 422 g/mol. The molecular weight excluding hydrogens is 397 g/mol. The van der Waals surface area contributed by atoms with E-state index in [1.807, 2.05) is 22.9 Å². The molecule has 2 aliphatic heterocycles. The summed E-state index contributed by atoms with van der Waals surface area (Å²) < 4.78 is 44.5. The molecule has 2 fully saturated rings. The summed E-state index contributed by atoms with van der Waals surface area (Å²) in [6.45, 7) is 4.25. The predicted molar refractivity (Wildman–Crippen MR) is 108 cm³/mol. The summed E-state index contributed by atoms with van der Waals surface area (Å²) in [6, 6.07) is 4.75. The second-order valence-corrected chi connectivity index (χ2v) is 7.56. The zero-order valence-corrected chi connectivity index (χ0v) is 16.8. The van der Waals surface area contributed by atoms with Crippen LogP contribution < -0.4 is 14.7 Å². The molecule has 0 aromatic carbocycles. The van der Waals surface area contributed by atoms with E-state index in [0.29, 0.717) is 37.9 Å². The number of aromatic nitrogens is 3. The van der Waals surface area contributed by atoms with Gasteiger partial charge in [-0.2, -0.15) is 18.2 Å². The number of likely N-dealkylation sites (N-methyl/N-ethyl adjacent to an activating group) is 1. The lowest BCUT2D eigenvalue weighted by atomic mass is 10.0. The minimum absolute atomic E-state index is 0.0983. The van der Waals surface area contributed by atoms with E-state index in [-0.39, 0.29) is 6.04 Å². The molecule has 2 aromatic heterocycles. The highest BCUT2D eigenvalue weighted by molar-refractivity contribution is 5.49. The topological polar surface area (TPSA) is 57.6 Å². The van der Waals surface area contributed by atoms with Gasteiger partial charge in [0.25, 0.3) is 0 Å². The Labute approximate surface area is 173 Å². The molecule has 0 bridgehead atoms. The fourth-order valence-electron chi connectivity index (χ4n) is 3.92. The molecule has 2 saturated heterocycles. The number of ether oxygens (including phenoxy) is 1. The van der Waals surface area contributed by atoms with Crippen LogP contribution in [0.2, 0.25) is 0 Å². The molecule has 2 aliphatic rings. The van der Waals surface area contributed by atoms with Crippen LogP contribution in [0, 0.1) is 0 Å². The van der Waals surface area contributed by atoms with Crippen molar-refractivity contribution in [2.45, 2.75) is 25.1 Å². The number of nitrogens with zero attached hydrogens (tertiary/aromatic N) is 6. The average Bonchev–Trinajstić information content (AvgIpc) is 2.79. The second-order valence-electron chi connectivity index (χ2n) is 7.56. The maximum atomic E-state index is 13.0. The molecule has 2 aromatic rings. The molecule has 0 aliphatic carbocycles. The molecule has 0 radical (unpaired) electrons. The first-order valence-electron chi connectivity index (χ1n) is 10.1. The van der Waals surface area contributed by atoms with Crippen molar-refractivity contribution in [2.75, 3.05) is 61.1 Å². The standard InChI is InChI=1S/C20H25F3N6O/c1-27(19-25-7-5-18(26-19)28-9-11-30-12-10-28)16-3-2-8-29(14-16)15-4-6-24-17(13-15)20(21,22)23/h4-7,13,16H,2-3,8-12,14H2,1H3. The van der Waals surface area contributed by atoms with Gasteiger partial charge in [0.2, 0.25) is 5.95 Å². The molecule has 0 spiro atoms. The molecule has 1 unspecified atom stereocenters. The Balaban J connectivity index is 1.48. The van der Waals surface area contributed by atoms with Crippen molar-refractivity contribution in [3.05, 3.63) is 36.3 Å². The van der Waals surface area contributed by atoms with Crippen molar-refractivity contribution in [3.8, 4) is 0 Å². The van der Waals surface area contributed by atoms with Crippen LogP contribution in [0.4, 0.5) is 30.6 Å². The predicted octanol–water partition coefficient (Wildman–Crippen LogP) is 2.83. The number of piperidine rings is 1. The Bertz CT molecular complexity index is 858. The van der Waals surface area contributed by atoms with Gasteiger partial charge in [0.15, 0.2) is 0 Å². The van der Waals surface area contributed by atoms with E-state index in [2.05, 4.69) is 14.9 Å². The molecule has 30 heavy (non-hydrogen) atoms. The fourth-order valence-corrected chi connectivity index (χ4v) is 3.92. The van der Waals surface area contributed by atoms with Crippen molar-refractivity contribution in [3.63, 3.8) is 0 Å². The number of halogens is 3. The van der Waals surface area contributed by atoms with Crippen molar-refractivity contribution >= 4 is 17.5 Å². The third-order valence-corrected chi connectivity index (χ3v) is 5.62. The minimum Gasteiger partial charge on any atom is -0.378 e. The number of alkyl halides is 3. The highest BCUT2D eigenvalue weighted by atomic mass is 19.4. The Morgan fingerprint density at radius 1 is 1.07 bits per heavy atom. The Morgan fingerprint density at radius 2 is 1.83 bits per heavy atom. The molecule has 0 amide bonds. The molecule has 4 heterocycles. The SMILES string of the molecule is CN(c1nccc(N2CCOCC2)n1)C1CCCN(c2ccnc(C(F)(F)F)c2)C1. The summed E-state index contributed by atoms with van der Waals surface area (Å²) in [5.74, 6) is 1.49. The quantitative estimate of drug-likeness (QED) is 0.751. The fraction of sp³-hybridized carbons (Fsp3) is 0.550. The average molecular weight is 422 g/mol. The third-order valence-electron chi connectivity index (χ3n) is 5.62. The Kier molecular flexibility index (Phi) is 5.94. The first-order valence-corrected chi connectivity index (χ1v) is 10.1. The number of hydrogen-bond acceptors (Lipinski definition) is 7. The molecule has 0 N–H and O–H groups in total. The maximum Gasteiger partial charge on any atom is 0.433 e. The number of morpholine rings is 1. The smallest absolute Gasteiger partial charge is 0.378 e. The van der Waals surface area contributed by atoms with Gasteiger partial charge >= 0.3 is 6.18 Å². The van der Waals surface area contributed by atoms with Crippen LogP contribution in [-0.4, -0.2) is 67.4 Å². The summed E-state index contributed by atoms with van der Waals surface area (Å²) in [4.78, 5) is 18.8. The molecule has 0 saturated carbocycles. The summed E-state index contributed by atoms with van der Waals surface area (Å²) in [5, 5.41) is 0. The van der Waals surface area contributed by atoms with Crippen LogP contribution in [0.5, 0.6) is 0 Å². The van der Waals surface area contributed by atoms with Gasteiger partial charge in [0.05, 0.1) is 13.2 Å². The minimum atomic E-state index is -4.45. The molecule has 4 rings (SSSR count). The van der Waals surface area contributed by atoms with Crippen molar-refractivity contribution in [1.29, 1.82) is 0 Å². The molecular formula is C20H25F3N6O. The molecule has 1 atom stereocenters. The first kappa shape index (κ1) is 20.6. The summed E-state index contributed by atoms with van der Waals surface area (Å²) in [5.41, 5.74) is -0.324. The van der Waals surface area contributed by atoms with E-state index >= 15 is 0 Å². The lowest BCUT2D eigenvalue weighted by Gasteiger charge is -2.39. The molecule has 162 valence electrons. The first-order chi connectivity index (χ1) is 14.4. The van der Waals surface area contributed by atoms with Gasteiger partial charge in [-0.1, -0.05) is 0 Å². The van der Waals surface area contributed by atoms with Crippen molar-refractivity contribution < 1.29 is 17.9 Å². The van der Waals surface area contributed by atoms with Crippen LogP contribution in [0.25, 0.3) is 0 Å². The largest absolute Gasteiger partial charge is 0.433 e. The van der Waals surface area contributed by atoms with E-state index < -0.39 is 11.9 Å². The van der Waals surface area contributed by atoms with Crippen molar-refractivity contribution in [2.24, 2.45) is 0 Å². The normalized spacial score (nSPS) is 20.3. The maximum absolute atomic E-state index is 13.0. The van der Waals surface area contributed by atoms with E-state index in [0.717, 1.165) is 37.8 Å². The summed E-state index contributed by atoms with van der Waals surface area (Å²) >= 11 is 0. The van der Waals surface area contributed by atoms with Crippen LogP contribution >= 0.6 is 0 Å². The van der Waals surface area contributed by atoms with E-state index in [1.165, 1.54) is 6.20 Å². The Morgan fingerprint density at radius 3 is 2.60 bits per heavy atom. The van der Waals surface area contributed by atoms with Crippen LogP contribution in [0.15, 0.2) is 30.6 Å². The molecule has 10 heteroatoms. The van der Waals surface area contributed by atoms with Gasteiger partial charge in [0, 0.05) is 57.3 Å². The van der Waals surface area contributed by atoms with Crippen LogP contribution in [0.1, 0.15) is 18.5 Å². The van der Waals surface area contributed by atoms with Gasteiger partial charge in [-0.3, -0.25) is 4.98 Å². The lowest BCUT2D eigenvalue weighted by molar-refractivity contribution is -0.141. The summed E-state index contributed by atoms with van der Waals surface area (Å²) in [6.07, 6.45) is 0.329. The zero-order chi connectivity index (χ0) is 21.1. The number of rotatable bonds is 4. The highest BCUT2D eigenvalue weighted by Gasteiger charge is 2.33. The highest BCUT2D eigenvalue weighted by Crippen LogP contribution is 2.31. The number of pyridine rings is 1. The van der Waals surface area contributed by atoms with Gasteiger partial charge in [0.1, 0.15) is 11.5 Å². The van der Waals surface area contributed by atoms with Crippen LogP contribution in [0.3, 0.4) is 0 Å². The van der Waals surface area contributed by atoms with Gasteiger partial charge in [-0.15, -0.1) is 0 Å². The van der Waals surface area contributed by atoms with Gasteiger partial charge < -0.3 is 19.4 Å². The Hall–Kier alpha value is -2.62. The molecule has 7 nitrogen and oxygen atoms in total. The van der Waals surface area contributed by atoms with Crippen LogP contribution in [-0.2, 0) is 10.9 Å². The zero-order valence-electron chi connectivity index (χ0n) is 16.8. The number of hydrogen-bond donors (Lipinski definition) is 0. The number of anilines is 3. The third kappa shape index (κ3) is 4.58. The van der Waals surface area contributed by atoms with E-state index in [4.69, 9.17) is 9.72 Å². The van der Waals surface area contributed by atoms with Crippen molar-refractivity contribution in [1.82, 2.24) is 15.0 Å². The lowest BCUT2D eigenvalue weighted by Crippen LogP contribution is -2.47. The van der Waals surface area contributed by atoms with Gasteiger partial charge in [-0.25, -0.2) is 4.98 Å². The second kappa shape index (κ2) is 8.63. The summed E-state index contributed by atoms with van der Waals surface area (Å²) in [7, 11) is 1.94.